The lowest BCUT2D eigenvalue weighted by Crippen LogP contribution is -2.27. The summed E-state index contributed by atoms with van der Waals surface area (Å²) in [6.07, 6.45) is 4.34. The molecule has 0 fully saturated rings. The summed E-state index contributed by atoms with van der Waals surface area (Å²) in [6, 6.07) is 1.84. The maximum atomic E-state index is 12.0. The fraction of sp³-hybridized carbons (Fsp3) is 0.500. The Morgan fingerprint density at radius 3 is 2.88 bits per heavy atom. The molecule has 0 atom stereocenters. The Morgan fingerprint density at radius 2 is 2.25 bits per heavy atom. The van der Waals surface area contributed by atoms with Crippen LogP contribution in [-0.2, 0) is 0 Å². The highest BCUT2D eigenvalue weighted by molar-refractivity contribution is 5.99. The second-order valence-electron chi connectivity index (χ2n) is 3.67. The Morgan fingerprint density at radius 1 is 1.50 bits per heavy atom. The molecule has 0 unspecified atom stereocenters. The Kier molecular flexibility index (Phi) is 4.76. The van der Waals surface area contributed by atoms with Gasteiger partial charge in [-0.15, -0.1) is 0 Å². The van der Waals surface area contributed by atoms with E-state index >= 15 is 0 Å². The normalized spacial score (nSPS) is 9.94. The molecule has 0 aliphatic rings. The molecule has 4 nitrogen and oxygen atoms in total. The van der Waals surface area contributed by atoms with Gasteiger partial charge in [0.2, 0.25) is 0 Å². The first-order valence-electron chi connectivity index (χ1n) is 5.64. The Hall–Kier alpha value is -1.58. The molecule has 1 N–H and O–H groups in total. The quantitative estimate of drug-likeness (QED) is 0.827. The zero-order valence-corrected chi connectivity index (χ0v) is 10.2. The van der Waals surface area contributed by atoms with E-state index in [9.17, 15) is 4.79 Å². The lowest BCUT2D eigenvalue weighted by molar-refractivity contribution is 0.0803. The van der Waals surface area contributed by atoms with Gasteiger partial charge in [-0.1, -0.05) is 6.92 Å². The van der Waals surface area contributed by atoms with Crippen LogP contribution >= 0.6 is 0 Å². The molecular formula is C12H19N3O. The van der Waals surface area contributed by atoms with E-state index in [4.69, 9.17) is 0 Å². The maximum absolute atomic E-state index is 12.0. The number of hydrogen-bond acceptors (Lipinski definition) is 3. The smallest absolute Gasteiger partial charge is 0.257 e. The zero-order chi connectivity index (χ0) is 12.0. The molecule has 1 amide bonds. The van der Waals surface area contributed by atoms with Crippen LogP contribution < -0.4 is 5.32 Å². The molecule has 0 aromatic carbocycles. The second-order valence-corrected chi connectivity index (χ2v) is 3.67. The zero-order valence-electron chi connectivity index (χ0n) is 10.2. The predicted molar refractivity (Wildman–Crippen MR) is 65.7 cm³/mol. The van der Waals surface area contributed by atoms with Crippen LogP contribution in [0.3, 0.4) is 0 Å². The Balaban J connectivity index is 2.89. The first-order chi connectivity index (χ1) is 7.70. The molecule has 0 saturated carbocycles. The molecule has 1 heterocycles. The van der Waals surface area contributed by atoms with Crippen molar-refractivity contribution in [3.8, 4) is 0 Å². The molecule has 0 aliphatic carbocycles. The summed E-state index contributed by atoms with van der Waals surface area (Å²) in [7, 11) is 1.79. The van der Waals surface area contributed by atoms with Gasteiger partial charge in [-0.25, -0.2) is 0 Å². The van der Waals surface area contributed by atoms with Crippen LogP contribution in [0.4, 0.5) is 5.69 Å². The summed E-state index contributed by atoms with van der Waals surface area (Å²) < 4.78 is 0. The minimum absolute atomic E-state index is 0.00852. The van der Waals surface area contributed by atoms with Crippen LogP contribution in [0.1, 0.15) is 30.6 Å². The Labute approximate surface area is 96.7 Å². The molecule has 1 aromatic rings. The SMILES string of the molecule is CCCNc1ccncc1C(=O)N(C)CC. The molecule has 0 spiro atoms. The highest BCUT2D eigenvalue weighted by Gasteiger charge is 2.14. The lowest BCUT2D eigenvalue weighted by Gasteiger charge is -2.17. The van der Waals surface area contributed by atoms with Crippen molar-refractivity contribution in [3.05, 3.63) is 24.0 Å². The van der Waals surface area contributed by atoms with Gasteiger partial charge in [0, 0.05) is 32.5 Å². The first-order valence-corrected chi connectivity index (χ1v) is 5.64. The molecule has 0 bridgehead atoms. The number of nitrogens with zero attached hydrogens (tertiary/aromatic N) is 2. The number of pyridine rings is 1. The van der Waals surface area contributed by atoms with Crippen LogP contribution in [0.25, 0.3) is 0 Å². The third kappa shape index (κ3) is 2.95. The standard InChI is InChI=1S/C12H19N3O/c1-4-7-14-11-6-8-13-9-10(11)12(16)15(3)5-2/h6,8-9H,4-5,7H2,1-3H3,(H,13,14). The maximum Gasteiger partial charge on any atom is 0.257 e. The number of amides is 1. The summed E-state index contributed by atoms with van der Waals surface area (Å²) >= 11 is 0. The number of aromatic nitrogens is 1. The summed E-state index contributed by atoms with van der Waals surface area (Å²) in [5.41, 5.74) is 1.50. The highest BCUT2D eigenvalue weighted by Crippen LogP contribution is 2.15. The highest BCUT2D eigenvalue weighted by atomic mass is 16.2. The van der Waals surface area contributed by atoms with Gasteiger partial charge in [0.15, 0.2) is 0 Å². The van der Waals surface area contributed by atoms with Crippen molar-refractivity contribution in [1.29, 1.82) is 0 Å². The van der Waals surface area contributed by atoms with E-state index < -0.39 is 0 Å². The van der Waals surface area contributed by atoms with Gasteiger partial charge in [0.25, 0.3) is 5.91 Å². The van der Waals surface area contributed by atoms with Crippen molar-refractivity contribution in [2.24, 2.45) is 0 Å². The fourth-order valence-corrected chi connectivity index (χ4v) is 1.33. The number of carbonyl (C=O) groups is 1. The minimum atomic E-state index is 0.00852. The molecule has 0 radical (unpaired) electrons. The fourth-order valence-electron chi connectivity index (χ4n) is 1.33. The summed E-state index contributed by atoms with van der Waals surface area (Å²) in [6.45, 7) is 5.60. The molecule has 4 heteroatoms. The van der Waals surface area contributed by atoms with Crippen molar-refractivity contribution < 1.29 is 4.79 Å². The number of anilines is 1. The third-order valence-corrected chi connectivity index (χ3v) is 2.44. The van der Waals surface area contributed by atoms with Crippen molar-refractivity contribution in [1.82, 2.24) is 9.88 Å². The number of hydrogen-bond donors (Lipinski definition) is 1. The van der Waals surface area contributed by atoms with Gasteiger partial charge < -0.3 is 10.2 Å². The molecule has 1 rings (SSSR count). The van der Waals surface area contributed by atoms with E-state index in [1.54, 1.807) is 24.3 Å². The summed E-state index contributed by atoms with van der Waals surface area (Å²) in [4.78, 5) is 17.7. The molecular weight excluding hydrogens is 202 g/mol. The van der Waals surface area contributed by atoms with Gasteiger partial charge in [-0.3, -0.25) is 9.78 Å². The van der Waals surface area contributed by atoms with Gasteiger partial charge >= 0.3 is 0 Å². The molecule has 1 aromatic heterocycles. The van der Waals surface area contributed by atoms with E-state index in [1.807, 2.05) is 13.0 Å². The average Bonchev–Trinajstić information content (AvgIpc) is 2.34. The minimum Gasteiger partial charge on any atom is -0.384 e. The van der Waals surface area contributed by atoms with Crippen molar-refractivity contribution in [3.63, 3.8) is 0 Å². The van der Waals surface area contributed by atoms with Gasteiger partial charge in [0.1, 0.15) is 0 Å². The predicted octanol–water partition coefficient (Wildman–Crippen LogP) is 2.00. The number of carbonyl (C=O) groups excluding carboxylic acids is 1. The van der Waals surface area contributed by atoms with Crippen molar-refractivity contribution >= 4 is 11.6 Å². The van der Waals surface area contributed by atoms with E-state index in [1.165, 1.54) is 0 Å². The van der Waals surface area contributed by atoms with E-state index in [2.05, 4.69) is 17.2 Å². The third-order valence-electron chi connectivity index (χ3n) is 2.44. The van der Waals surface area contributed by atoms with Crippen LogP contribution in [0, 0.1) is 0 Å². The van der Waals surface area contributed by atoms with Gasteiger partial charge in [-0.05, 0) is 19.4 Å². The van der Waals surface area contributed by atoms with Crippen molar-refractivity contribution in [2.75, 3.05) is 25.5 Å². The monoisotopic (exact) mass is 221 g/mol. The molecule has 88 valence electrons. The van der Waals surface area contributed by atoms with Crippen LogP contribution in [-0.4, -0.2) is 35.9 Å². The van der Waals surface area contributed by atoms with E-state index in [0.29, 0.717) is 12.1 Å². The summed E-state index contributed by atoms with van der Waals surface area (Å²) in [5, 5.41) is 3.24. The second kappa shape index (κ2) is 6.10. The lowest BCUT2D eigenvalue weighted by atomic mass is 10.2. The van der Waals surface area contributed by atoms with E-state index in [-0.39, 0.29) is 5.91 Å². The summed E-state index contributed by atoms with van der Waals surface area (Å²) in [5.74, 6) is 0.00852. The molecule has 0 saturated heterocycles. The average molecular weight is 221 g/mol. The van der Waals surface area contributed by atoms with Gasteiger partial charge in [-0.2, -0.15) is 0 Å². The van der Waals surface area contributed by atoms with Crippen molar-refractivity contribution in [2.45, 2.75) is 20.3 Å². The first kappa shape index (κ1) is 12.5. The molecule has 0 aliphatic heterocycles. The number of nitrogens with one attached hydrogen (secondary N) is 1. The largest absolute Gasteiger partial charge is 0.384 e. The van der Waals surface area contributed by atoms with E-state index in [0.717, 1.165) is 18.7 Å². The molecule has 16 heavy (non-hydrogen) atoms. The Bertz CT molecular complexity index is 352. The van der Waals surface area contributed by atoms with Crippen LogP contribution in [0.2, 0.25) is 0 Å². The van der Waals surface area contributed by atoms with Crippen LogP contribution in [0.5, 0.6) is 0 Å². The number of rotatable bonds is 5. The van der Waals surface area contributed by atoms with Gasteiger partial charge in [0.05, 0.1) is 11.3 Å². The van der Waals surface area contributed by atoms with Crippen LogP contribution in [0.15, 0.2) is 18.5 Å². The topological polar surface area (TPSA) is 45.2 Å².